The van der Waals surface area contributed by atoms with E-state index >= 15 is 0 Å². The Balaban J connectivity index is 2.07. The first-order valence-corrected chi connectivity index (χ1v) is 11.9. The van der Waals surface area contributed by atoms with Crippen LogP contribution in [0.5, 0.6) is 0 Å². The zero-order valence-corrected chi connectivity index (χ0v) is 21.8. The van der Waals surface area contributed by atoms with Gasteiger partial charge in [-0.2, -0.15) is 13.2 Å². The third kappa shape index (κ3) is 7.06. The summed E-state index contributed by atoms with van der Waals surface area (Å²) in [5.74, 6) is -0.848. The molecule has 0 aliphatic carbocycles. The van der Waals surface area contributed by atoms with Gasteiger partial charge in [0.1, 0.15) is 12.4 Å². The van der Waals surface area contributed by atoms with Crippen molar-refractivity contribution >= 4 is 23.5 Å². The van der Waals surface area contributed by atoms with Crippen molar-refractivity contribution < 1.29 is 18.0 Å². The number of aromatic amines is 1. The number of hydrogen-bond acceptors (Lipinski definition) is 6. The quantitative estimate of drug-likeness (QED) is 0.351. The van der Waals surface area contributed by atoms with Crippen molar-refractivity contribution in [3.8, 4) is 0 Å². The molecule has 37 heavy (non-hydrogen) atoms. The standard InChI is InChI=1S/C26H33F3N6O2/c1-14-7-15(2)33-23(37)19(14)12-31-22(36)17-8-20(16-9-24(3,4)35-25(5,6)10-16)34-21(18(17)11-30)32-13-26(27,28)29/h7-9,11,30,35H,10,12-13H2,1-6H3,(H,31,36)(H,32,34)(H,33,37). The summed E-state index contributed by atoms with van der Waals surface area (Å²) in [6.07, 6.45) is -1.26. The van der Waals surface area contributed by atoms with Crippen LogP contribution >= 0.6 is 0 Å². The lowest BCUT2D eigenvalue weighted by atomic mass is 9.82. The van der Waals surface area contributed by atoms with E-state index in [1.165, 1.54) is 6.07 Å². The van der Waals surface area contributed by atoms with Crippen molar-refractivity contribution in [1.29, 1.82) is 5.41 Å². The number of anilines is 1. The van der Waals surface area contributed by atoms with Crippen LogP contribution in [0.25, 0.3) is 5.57 Å². The third-order valence-electron chi connectivity index (χ3n) is 5.98. The number of carbonyl (C=O) groups is 1. The second-order valence-corrected chi connectivity index (χ2v) is 10.6. The number of rotatable bonds is 7. The highest BCUT2D eigenvalue weighted by molar-refractivity contribution is 6.05. The molecular formula is C26H33F3N6O2. The molecule has 0 unspecified atom stereocenters. The minimum Gasteiger partial charge on any atom is -0.361 e. The van der Waals surface area contributed by atoms with Crippen LogP contribution in [-0.2, 0) is 6.54 Å². The summed E-state index contributed by atoms with van der Waals surface area (Å²) in [6, 6.07) is 3.27. The maximum atomic E-state index is 13.3. The van der Waals surface area contributed by atoms with Gasteiger partial charge in [0.05, 0.1) is 11.3 Å². The molecular weight excluding hydrogens is 485 g/mol. The Bertz CT molecular complexity index is 1310. The first-order valence-electron chi connectivity index (χ1n) is 11.9. The van der Waals surface area contributed by atoms with Crippen LogP contribution in [0.1, 0.15) is 72.6 Å². The van der Waals surface area contributed by atoms with E-state index in [-0.39, 0.29) is 34.6 Å². The van der Waals surface area contributed by atoms with Gasteiger partial charge in [-0.15, -0.1) is 0 Å². The van der Waals surface area contributed by atoms with Crippen molar-refractivity contribution in [2.24, 2.45) is 0 Å². The van der Waals surface area contributed by atoms with E-state index in [1.54, 1.807) is 19.9 Å². The number of pyridine rings is 2. The number of H-pyrrole nitrogens is 1. The molecule has 0 radical (unpaired) electrons. The summed E-state index contributed by atoms with van der Waals surface area (Å²) in [5.41, 5.74) is 1.67. The Kier molecular flexibility index (Phi) is 7.69. The topological polar surface area (TPSA) is 123 Å². The zero-order chi connectivity index (χ0) is 27.8. The average molecular weight is 519 g/mol. The molecule has 1 amide bonds. The van der Waals surface area contributed by atoms with Crippen molar-refractivity contribution in [2.75, 3.05) is 11.9 Å². The molecule has 0 bridgehead atoms. The van der Waals surface area contributed by atoms with Crippen LogP contribution in [-0.4, -0.2) is 45.9 Å². The van der Waals surface area contributed by atoms with Gasteiger partial charge >= 0.3 is 6.18 Å². The van der Waals surface area contributed by atoms with Crippen LogP contribution in [0.2, 0.25) is 0 Å². The molecule has 11 heteroatoms. The largest absolute Gasteiger partial charge is 0.405 e. The summed E-state index contributed by atoms with van der Waals surface area (Å²) in [7, 11) is 0. The van der Waals surface area contributed by atoms with Crippen LogP contribution < -0.4 is 21.5 Å². The third-order valence-corrected chi connectivity index (χ3v) is 5.98. The first-order chi connectivity index (χ1) is 17.0. The number of amides is 1. The fraction of sp³-hybridized carbons (Fsp3) is 0.462. The highest BCUT2D eigenvalue weighted by Crippen LogP contribution is 2.34. The van der Waals surface area contributed by atoms with E-state index in [0.29, 0.717) is 28.9 Å². The van der Waals surface area contributed by atoms with Crippen LogP contribution in [0, 0.1) is 19.3 Å². The van der Waals surface area contributed by atoms with Gasteiger partial charge in [-0.05, 0) is 71.2 Å². The number of alkyl halides is 3. The molecule has 200 valence electrons. The number of nitrogens with one attached hydrogen (secondary N) is 5. The highest BCUT2D eigenvalue weighted by Gasteiger charge is 2.34. The molecule has 3 rings (SSSR count). The Hall–Kier alpha value is -3.47. The normalized spacial score (nSPS) is 16.6. The molecule has 0 fully saturated rings. The van der Waals surface area contributed by atoms with Gasteiger partial charge in [0.15, 0.2) is 0 Å². The second-order valence-electron chi connectivity index (χ2n) is 10.6. The van der Waals surface area contributed by atoms with Gasteiger partial charge in [0.2, 0.25) is 0 Å². The highest BCUT2D eigenvalue weighted by atomic mass is 19.4. The maximum Gasteiger partial charge on any atom is 0.405 e. The molecule has 1 aliphatic heterocycles. The van der Waals surface area contributed by atoms with Gasteiger partial charge in [-0.3, -0.25) is 9.59 Å². The Morgan fingerprint density at radius 2 is 1.89 bits per heavy atom. The Morgan fingerprint density at radius 3 is 2.46 bits per heavy atom. The molecule has 2 aromatic heterocycles. The molecule has 0 spiro atoms. The van der Waals surface area contributed by atoms with Crippen molar-refractivity contribution in [3.63, 3.8) is 0 Å². The Labute approximate surface area is 213 Å². The van der Waals surface area contributed by atoms with E-state index in [9.17, 15) is 22.8 Å². The molecule has 1 aliphatic rings. The van der Waals surface area contributed by atoms with Crippen LogP contribution in [0.15, 0.2) is 23.0 Å². The zero-order valence-electron chi connectivity index (χ0n) is 21.8. The van der Waals surface area contributed by atoms with E-state index < -0.39 is 24.2 Å². The summed E-state index contributed by atoms with van der Waals surface area (Å²) < 4.78 is 39.1. The summed E-state index contributed by atoms with van der Waals surface area (Å²) in [5, 5.41) is 16.3. The number of carbonyl (C=O) groups excluding carboxylic acids is 1. The average Bonchev–Trinajstić information content (AvgIpc) is 2.73. The summed E-state index contributed by atoms with van der Waals surface area (Å²) >= 11 is 0. The monoisotopic (exact) mass is 518 g/mol. The fourth-order valence-corrected chi connectivity index (χ4v) is 4.82. The van der Waals surface area contributed by atoms with Crippen molar-refractivity contribution in [1.82, 2.24) is 20.6 Å². The molecule has 2 aromatic rings. The first kappa shape index (κ1) is 28.1. The van der Waals surface area contributed by atoms with Gasteiger partial charge in [-0.25, -0.2) is 4.98 Å². The lowest BCUT2D eigenvalue weighted by Crippen LogP contribution is -2.53. The molecule has 3 heterocycles. The molecule has 0 saturated carbocycles. The van der Waals surface area contributed by atoms with Crippen LogP contribution in [0.3, 0.4) is 0 Å². The molecule has 0 saturated heterocycles. The minimum atomic E-state index is -4.53. The maximum absolute atomic E-state index is 13.3. The smallest absolute Gasteiger partial charge is 0.361 e. The summed E-state index contributed by atoms with van der Waals surface area (Å²) in [6.45, 7) is 9.99. The number of hydrogen-bond donors (Lipinski definition) is 5. The molecule has 5 N–H and O–H groups in total. The van der Waals surface area contributed by atoms with Crippen molar-refractivity contribution in [2.45, 2.75) is 71.8 Å². The Morgan fingerprint density at radius 1 is 1.22 bits per heavy atom. The van der Waals surface area contributed by atoms with Gasteiger partial charge < -0.3 is 26.3 Å². The van der Waals surface area contributed by atoms with Gasteiger partial charge in [0, 0.05) is 40.7 Å². The number of nitrogens with zero attached hydrogens (tertiary/aromatic N) is 1. The number of halogens is 3. The predicted molar refractivity (Wildman–Crippen MR) is 138 cm³/mol. The van der Waals surface area contributed by atoms with E-state index in [4.69, 9.17) is 5.41 Å². The van der Waals surface area contributed by atoms with Crippen molar-refractivity contribution in [3.05, 3.63) is 62.2 Å². The van der Waals surface area contributed by atoms with E-state index in [0.717, 1.165) is 11.8 Å². The second kappa shape index (κ2) is 10.1. The molecule has 0 aromatic carbocycles. The van der Waals surface area contributed by atoms with E-state index in [1.807, 2.05) is 33.8 Å². The number of aryl methyl sites for hydroxylation is 2. The van der Waals surface area contributed by atoms with Gasteiger partial charge in [0.25, 0.3) is 11.5 Å². The lowest BCUT2D eigenvalue weighted by Gasteiger charge is -2.41. The van der Waals surface area contributed by atoms with Gasteiger partial charge in [-0.1, -0.05) is 6.08 Å². The van der Waals surface area contributed by atoms with Crippen LogP contribution in [0.4, 0.5) is 19.0 Å². The molecule has 8 nitrogen and oxygen atoms in total. The number of aromatic nitrogens is 2. The fourth-order valence-electron chi connectivity index (χ4n) is 4.82. The summed E-state index contributed by atoms with van der Waals surface area (Å²) in [4.78, 5) is 32.8. The molecule has 0 atom stereocenters. The van der Waals surface area contributed by atoms with E-state index in [2.05, 4.69) is 25.9 Å². The lowest BCUT2D eigenvalue weighted by molar-refractivity contribution is -0.115. The SMILES string of the molecule is Cc1cc(C)c(CNC(=O)c2cc(C3=CC(C)(C)NC(C)(C)C3)nc(NCC(F)(F)F)c2C=N)c(=O)[nH]1. The minimum absolute atomic E-state index is 0.0130. The predicted octanol–water partition coefficient (Wildman–Crippen LogP) is 4.22.